The van der Waals surface area contributed by atoms with Crippen LogP contribution >= 0.6 is 39.1 Å². The Kier molecular flexibility index (Phi) is 5.76. The van der Waals surface area contributed by atoms with Crippen molar-refractivity contribution in [1.82, 2.24) is 4.68 Å². The molecule has 134 valence electrons. The number of aromatic nitrogens is 1. The fourth-order valence-corrected chi connectivity index (χ4v) is 3.59. The number of halogens is 3. The van der Waals surface area contributed by atoms with Gasteiger partial charge in [-0.3, -0.25) is 9.47 Å². The van der Waals surface area contributed by atoms with Gasteiger partial charge in [0.05, 0.1) is 17.1 Å². The molecule has 3 rings (SSSR count). The molecule has 0 aliphatic rings. The highest BCUT2D eigenvalue weighted by Gasteiger charge is 2.22. The van der Waals surface area contributed by atoms with E-state index >= 15 is 0 Å². The van der Waals surface area contributed by atoms with Crippen molar-refractivity contribution in [2.24, 2.45) is 0 Å². The Bertz CT molecular complexity index is 931. The van der Waals surface area contributed by atoms with E-state index in [0.29, 0.717) is 22.2 Å². The van der Waals surface area contributed by atoms with Crippen LogP contribution in [0.1, 0.15) is 27.3 Å². The number of hydrogen-bond acceptors (Lipinski definition) is 1. The lowest BCUT2D eigenvalue weighted by atomic mass is 10.2. The Morgan fingerprint density at radius 1 is 1.00 bits per heavy atom. The lowest BCUT2D eigenvalue weighted by Gasteiger charge is -2.27. The van der Waals surface area contributed by atoms with Crippen molar-refractivity contribution < 1.29 is 4.79 Å². The van der Waals surface area contributed by atoms with Crippen molar-refractivity contribution in [3.63, 3.8) is 0 Å². The van der Waals surface area contributed by atoms with Gasteiger partial charge in [-0.05, 0) is 61.9 Å². The summed E-state index contributed by atoms with van der Waals surface area (Å²) in [5.74, 6) is -0.183. The molecule has 0 spiro atoms. The molecule has 0 N–H and O–H groups in total. The third-order valence-electron chi connectivity index (χ3n) is 4.12. The topological polar surface area (TPSA) is 25.2 Å². The summed E-state index contributed by atoms with van der Waals surface area (Å²) >= 11 is 15.7. The molecule has 3 aromatic rings. The first-order chi connectivity index (χ1) is 12.4. The first kappa shape index (κ1) is 19.0. The Morgan fingerprint density at radius 3 is 2.19 bits per heavy atom. The van der Waals surface area contributed by atoms with Crippen LogP contribution in [0.5, 0.6) is 0 Å². The van der Waals surface area contributed by atoms with E-state index in [2.05, 4.69) is 15.9 Å². The summed E-state index contributed by atoms with van der Waals surface area (Å²) in [5.41, 5.74) is 3.37. The SMILES string of the molecule is Cc1ccc(C)n1N(Cc1ccc(Br)cc1)C(=O)c1ccc(Cl)cc1Cl. The van der Waals surface area contributed by atoms with Crippen LogP contribution in [0.3, 0.4) is 0 Å². The maximum absolute atomic E-state index is 13.3. The predicted octanol–water partition coefficient (Wildman–Crippen LogP) is 6.15. The minimum Gasteiger partial charge on any atom is -0.267 e. The van der Waals surface area contributed by atoms with Gasteiger partial charge >= 0.3 is 0 Å². The summed E-state index contributed by atoms with van der Waals surface area (Å²) in [4.78, 5) is 13.3. The Balaban J connectivity index is 2.05. The quantitative estimate of drug-likeness (QED) is 0.466. The number of benzene rings is 2. The monoisotopic (exact) mass is 450 g/mol. The predicted molar refractivity (Wildman–Crippen MR) is 111 cm³/mol. The zero-order valence-corrected chi connectivity index (χ0v) is 17.4. The summed E-state index contributed by atoms with van der Waals surface area (Å²) in [6.07, 6.45) is 0. The van der Waals surface area contributed by atoms with E-state index in [9.17, 15) is 4.79 Å². The van der Waals surface area contributed by atoms with Crippen molar-refractivity contribution in [2.75, 3.05) is 5.01 Å². The normalized spacial score (nSPS) is 10.8. The Hall–Kier alpha value is -1.75. The average Bonchev–Trinajstić information content (AvgIpc) is 2.93. The van der Waals surface area contributed by atoms with Crippen molar-refractivity contribution in [3.8, 4) is 0 Å². The van der Waals surface area contributed by atoms with Gasteiger partial charge in [-0.2, -0.15) is 0 Å². The van der Waals surface area contributed by atoms with Crippen molar-refractivity contribution in [3.05, 3.63) is 91.6 Å². The number of rotatable bonds is 4. The van der Waals surface area contributed by atoms with Crippen LogP contribution in [-0.4, -0.2) is 10.6 Å². The van der Waals surface area contributed by atoms with Crippen LogP contribution in [0.25, 0.3) is 0 Å². The first-order valence-electron chi connectivity index (χ1n) is 8.03. The molecule has 1 aromatic heterocycles. The van der Waals surface area contributed by atoms with Crippen LogP contribution in [-0.2, 0) is 6.54 Å². The van der Waals surface area contributed by atoms with Crippen molar-refractivity contribution in [2.45, 2.75) is 20.4 Å². The fraction of sp³-hybridized carbons (Fsp3) is 0.150. The molecular weight excluding hydrogens is 435 g/mol. The molecule has 0 saturated heterocycles. The number of carbonyl (C=O) groups excluding carboxylic acids is 1. The molecule has 3 nitrogen and oxygen atoms in total. The number of carbonyl (C=O) groups is 1. The maximum atomic E-state index is 13.3. The summed E-state index contributed by atoms with van der Waals surface area (Å²) in [5, 5.41) is 2.54. The highest BCUT2D eigenvalue weighted by Crippen LogP contribution is 2.24. The summed E-state index contributed by atoms with van der Waals surface area (Å²) < 4.78 is 2.91. The number of hydrogen-bond donors (Lipinski definition) is 0. The number of aryl methyl sites for hydroxylation is 2. The van der Waals surface area contributed by atoms with Crippen molar-refractivity contribution in [1.29, 1.82) is 0 Å². The molecule has 0 aliphatic heterocycles. The van der Waals surface area contributed by atoms with E-state index in [-0.39, 0.29) is 5.91 Å². The minimum absolute atomic E-state index is 0.183. The average molecular weight is 452 g/mol. The standard InChI is InChI=1S/C20H17BrCl2N2O/c1-13-3-4-14(2)25(13)24(12-15-5-7-16(21)8-6-15)20(26)18-10-9-17(22)11-19(18)23/h3-11H,12H2,1-2H3. The second-order valence-corrected chi connectivity index (χ2v) is 7.80. The smallest absolute Gasteiger partial charge is 0.267 e. The molecule has 0 radical (unpaired) electrons. The molecule has 0 unspecified atom stereocenters. The molecule has 2 aromatic carbocycles. The second kappa shape index (κ2) is 7.87. The van der Waals surface area contributed by atoms with Crippen molar-refractivity contribution >= 4 is 45.0 Å². The summed E-state index contributed by atoms with van der Waals surface area (Å²) in [6.45, 7) is 4.36. The first-order valence-corrected chi connectivity index (χ1v) is 9.58. The highest BCUT2D eigenvalue weighted by molar-refractivity contribution is 9.10. The fourth-order valence-electron chi connectivity index (χ4n) is 2.84. The van der Waals surface area contributed by atoms with Gasteiger partial charge in [0.2, 0.25) is 0 Å². The molecular formula is C20H17BrCl2N2O. The lowest BCUT2D eigenvalue weighted by molar-refractivity contribution is 0.0954. The second-order valence-electron chi connectivity index (χ2n) is 6.04. The molecule has 0 aliphatic carbocycles. The highest BCUT2D eigenvalue weighted by atomic mass is 79.9. The molecule has 0 bridgehead atoms. The zero-order valence-electron chi connectivity index (χ0n) is 14.3. The van der Waals surface area contributed by atoms with E-state index in [1.165, 1.54) is 0 Å². The summed E-state index contributed by atoms with van der Waals surface area (Å²) in [7, 11) is 0. The van der Waals surface area contributed by atoms with Crippen LogP contribution in [0.4, 0.5) is 0 Å². The minimum atomic E-state index is -0.183. The molecule has 0 saturated carbocycles. The van der Waals surface area contributed by atoms with Gasteiger partial charge < -0.3 is 0 Å². The van der Waals surface area contributed by atoms with Gasteiger partial charge in [0.25, 0.3) is 5.91 Å². The van der Waals surface area contributed by atoms with Crippen LogP contribution in [0, 0.1) is 13.8 Å². The summed E-state index contributed by atoms with van der Waals surface area (Å²) in [6, 6.07) is 16.8. The van der Waals surface area contributed by atoms with Gasteiger partial charge in [0.1, 0.15) is 0 Å². The van der Waals surface area contributed by atoms with Gasteiger partial charge in [-0.15, -0.1) is 0 Å². The molecule has 6 heteroatoms. The van der Waals surface area contributed by atoms with E-state index < -0.39 is 0 Å². The van der Waals surface area contributed by atoms with Crippen LogP contribution in [0.15, 0.2) is 59.1 Å². The Labute approximate surface area is 171 Å². The molecule has 0 atom stereocenters. The van der Waals surface area contributed by atoms with Crippen LogP contribution in [0.2, 0.25) is 10.0 Å². The molecule has 26 heavy (non-hydrogen) atoms. The van der Waals surface area contributed by atoms with Gasteiger partial charge in [-0.1, -0.05) is 51.3 Å². The number of amides is 1. The molecule has 1 heterocycles. The molecule has 1 amide bonds. The van der Waals surface area contributed by atoms with E-state index in [4.69, 9.17) is 23.2 Å². The van der Waals surface area contributed by atoms with Gasteiger partial charge in [0, 0.05) is 20.9 Å². The third-order valence-corrected chi connectivity index (χ3v) is 5.19. The largest absolute Gasteiger partial charge is 0.274 e. The molecule has 0 fully saturated rings. The van der Waals surface area contributed by atoms with Crippen LogP contribution < -0.4 is 5.01 Å². The van der Waals surface area contributed by atoms with Gasteiger partial charge in [-0.25, -0.2) is 5.01 Å². The maximum Gasteiger partial charge on any atom is 0.274 e. The Morgan fingerprint density at radius 2 is 1.62 bits per heavy atom. The van der Waals surface area contributed by atoms with E-state index in [1.54, 1.807) is 23.2 Å². The van der Waals surface area contributed by atoms with Gasteiger partial charge in [0.15, 0.2) is 0 Å². The van der Waals surface area contributed by atoms with E-state index in [1.807, 2.05) is 54.9 Å². The lowest BCUT2D eigenvalue weighted by Crippen LogP contribution is -2.41. The zero-order chi connectivity index (χ0) is 18.8. The van der Waals surface area contributed by atoms with E-state index in [0.717, 1.165) is 21.4 Å². The number of nitrogens with zero attached hydrogens (tertiary/aromatic N) is 2. The third kappa shape index (κ3) is 3.98.